The third kappa shape index (κ3) is 6.40. The van der Waals surface area contributed by atoms with Gasteiger partial charge in [0.25, 0.3) is 0 Å². The van der Waals surface area contributed by atoms with Crippen LogP contribution in [0, 0.1) is 0 Å². The molecule has 4 nitrogen and oxygen atoms in total. The zero-order valence-corrected chi connectivity index (χ0v) is 18.3. The molecule has 0 unspecified atom stereocenters. The Morgan fingerprint density at radius 2 is 1.57 bits per heavy atom. The number of benzene rings is 2. The molecule has 150 valence electrons. The summed E-state index contributed by atoms with van der Waals surface area (Å²) < 4.78 is 0. The number of halogens is 3. The van der Waals surface area contributed by atoms with Gasteiger partial charge in [-0.2, -0.15) is 0 Å². The minimum absolute atomic E-state index is 0.0257. The van der Waals surface area contributed by atoms with Gasteiger partial charge in [-0.1, -0.05) is 53.0 Å². The lowest BCUT2D eigenvalue weighted by Crippen LogP contribution is -2.49. The highest BCUT2D eigenvalue weighted by atomic mass is 35.5. The molecule has 0 aliphatic rings. The average Bonchev–Trinajstić information content (AvgIpc) is 2.61. The number of hydrogen-bond donors (Lipinski definition) is 1. The Hall–Kier alpha value is -1.75. The highest BCUT2D eigenvalue weighted by molar-refractivity contribution is 6.35. The van der Waals surface area contributed by atoms with Crippen LogP contribution >= 0.6 is 34.8 Å². The smallest absolute Gasteiger partial charge is 0.242 e. The molecule has 0 heterocycles. The van der Waals surface area contributed by atoms with Crippen molar-refractivity contribution in [3.05, 3.63) is 68.7 Å². The van der Waals surface area contributed by atoms with Crippen molar-refractivity contribution >= 4 is 46.6 Å². The van der Waals surface area contributed by atoms with Crippen LogP contribution in [-0.4, -0.2) is 28.8 Å². The quantitative estimate of drug-likeness (QED) is 0.647. The standard InChI is InChI=1S/C21H23Cl3N2O2/c1-13(2)25-21(28)14(3)26(12-16-6-9-18(23)11-19(16)24)20(27)10-15-4-7-17(22)8-5-15/h4-9,11,13-14H,10,12H2,1-3H3,(H,25,28)/t14-/m1/s1. The third-order valence-electron chi connectivity index (χ3n) is 4.22. The molecule has 0 radical (unpaired) electrons. The predicted molar refractivity (Wildman–Crippen MR) is 115 cm³/mol. The Morgan fingerprint density at radius 1 is 0.964 bits per heavy atom. The maximum absolute atomic E-state index is 13.1. The highest BCUT2D eigenvalue weighted by Crippen LogP contribution is 2.23. The van der Waals surface area contributed by atoms with E-state index in [9.17, 15) is 9.59 Å². The predicted octanol–water partition coefficient (Wildman–Crippen LogP) is 5.13. The fourth-order valence-corrected chi connectivity index (χ4v) is 3.29. The van der Waals surface area contributed by atoms with Crippen LogP contribution in [0.2, 0.25) is 15.1 Å². The van der Waals surface area contributed by atoms with E-state index < -0.39 is 6.04 Å². The molecule has 0 aliphatic carbocycles. The zero-order chi connectivity index (χ0) is 20.8. The van der Waals surface area contributed by atoms with Crippen molar-refractivity contribution in [2.45, 2.75) is 45.8 Å². The van der Waals surface area contributed by atoms with Crippen molar-refractivity contribution in [3.8, 4) is 0 Å². The highest BCUT2D eigenvalue weighted by Gasteiger charge is 2.27. The molecule has 1 N–H and O–H groups in total. The van der Waals surface area contributed by atoms with E-state index in [1.807, 2.05) is 13.8 Å². The second kappa shape index (κ2) is 10.1. The van der Waals surface area contributed by atoms with Crippen LogP contribution < -0.4 is 5.32 Å². The first-order chi connectivity index (χ1) is 13.2. The van der Waals surface area contributed by atoms with Crippen LogP contribution in [0.1, 0.15) is 31.9 Å². The van der Waals surface area contributed by atoms with Crippen molar-refractivity contribution in [2.75, 3.05) is 0 Å². The molecule has 2 aromatic carbocycles. The van der Waals surface area contributed by atoms with Crippen LogP contribution in [0.15, 0.2) is 42.5 Å². The largest absolute Gasteiger partial charge is 0.352 e. The zero-order valence-electron chi connectivity index (χ0n) is 16.0. The van der Waals surface area contributed by atoms with Gasteiger partial charge in [0, 0.05) is 27.7 Å². The van der Waals surface area contributed by atoms with E-state index in [1.165, 1.54) is 4.90 Å². The summed E-state index contributed by atoms with van der Waals surface area (Å²) in [5.41, 5.74) is 1.54. The summed E-state index contributed by atoms with van der Waals surface area (Å²) in [6.07, 6.45) is 0.154. The van der Waals surface area contributed by atoms with Crippen molar-refractivity contribution in [1.29, 1.82) is 0 Å². The number of nitrogens with one attached hydrogen (secondary N) is 1. The molecule has 2 amide bonds. The minimum atomic E-state index is -0.658. The van der Waals surface area contributed by atoms with E-state index in [1.54, 1.807) is 49.4 Å². The van der Waals surface area contributed by atoms with Gasteiger partial charge in [0.2, 0.25) is 11.8 Å². The normalized spacial score (nSPS) is 12.0. The lowest BCUT2D eigenvalue weighted by atomic mass is 10.1. The fourth-order valence-electron chi connectivity index (χ4n) is 2.70. The molecule has 2 aromatic rings. The number of amides is 2. The van der Waals surface area contributed by atoms with Crippen LogP contribution in [0.5, 0.6) is 0 Å². The second-order valence-electron chi connectivity index (χ2n) is 6.90. The molecular weight excluding hydrogens is 419 g/mol. The Labute approximate surface area is 180 Å². The first-order valence-corrected chi connectivity index (χ1v) is 10.1. The number of carbonyl (C=O) groups excluding carboxylic acids is 2. The summed E-state index contributed by atoms with van der Waals surface area (Å²) in [6, 6.07) is 11.5. The van der Waals surface area contributed by atoms with E-state index in [0.717, 1.165) is 11.1 Å². The Balaban J connectivity index is 2.27. The SMILES string of the molecule is CC(C)NC(=O)[C@@H](C)N(Cc1ccc(Cl)cc1Cl)C(=O)Cc1ccc(Cl)cc1. The lowest BCUT2D eigenvalue weighted by Gasteiger charge is -2.30. The molecule has 2 rings (SSSR count). The molecule has 1 atom stereocenters. The van der Waals surface area contributed by atoms with Gasteiger partial charge in [0.05, 0.1) is 6.42 Å². The molecule has 0 spiro atoms. The molecule has 0 saturated carbocycles. The summed E-state index contributed by atoms with van der Waals surface area (Å²) in [5.74, 6) is -0.399. The molecule has 0 aliphatic heterocycles. The number of rotatable bonds is 7. The topological polar surface area (TPSA) is 49.4 Å². The van der Waals surface area contributed by atoms with E-state index in [2.05, 4.69) is 5.32 Å². The van der Waals surface area contributed by atoms with Crippen LogP contribution in [0.25, 0.3) is 0 Å². The van der Waals surface area contributed by atoms with Gasteiger partial charge < -0.3 is 10.2 Å². The first-order valence-electron chi connectivity index (χ1n) is 8.95. The van der Waals surface area contributed by atoms with Gasteiger partial charge in [0.15, 0.2) is 0 Å². The van der Waals surface area contributed by atoms with E-state index in [0.29, 0.717) is 15.1 Å². The monoisotopic (exact) mass is 440 g/mol. The van der Waals surface area contributed by atoms with Gasteiger partial charge in [-0.15, -0.1) is 0 Å². The van der Waals surface area contributed by atoms with Gasteiger partial charge in [0.1, 0.15) is 6.04 Å². The van der Waals surface area contributed by atoms with Crippen molar-refractivity contribution in [2.24, 2.45) is 0 Å². The van der Waals surface area contributed by atoms with E-state index in [-0.39, 0.29) is 30.8 Å². The summed E-state index contributed by atoms with van der Waals surface area (Å²) >= 11 is 18.2. The number of carbonyl (C=O) groups is 2. The summed E-state index contributed by atoms with van der Waals surface area (Å²) in [5, 5.41) is 4.42. The van der Waals surface area contributed by atoms with Gasteiger partial charge in [-0.05, 0) is 56.2 Å². The van der Waals surface area contributed by atoms with Crippen LogP contribution in [0.4, 0.5) is 0 Å². The average molecular weight is 442 g/mol. The maximum atomic E-state index is 13.1. The molecular formula is C21H23Cl3N2O2. The molecule has 0 saturated heterocycles. The maximum Gasteiger partial charge on any atom is 0.242 e. The van der Waals surface area contributed by atoms with E-state index >= 15 is 0 Å². The Kier molecular flexibility index (Phi) is 8.17. The minimum Gasteiger partial charge on any atom is -0.352 e. The van der Waals surface area contributed by atoms with Crippen LogP contribution in [-0.2, 0) is 22.6 Å². The number of hydrogen-bond acceptors (Lipinski definition) is 2. The summed E-state index contributed by atoms with van der Waals surface area (Å²) in [6.45, 7) is 5.66. The molecule has 0 bridgehead atoms. The lowest BCUT2D eigenvalue weighted by molar-refractivity contribution is -0.140. The van der Waals surface area contributed by atoms with Crippen LogP contribution in [0.3, 0.4) is 0 Å². The molecule has 0 fully saturated rings. The van der Waals surface area contributed by atoms with Gasteiger partial charge >= 0.3 is 0 Å². The second-order valence-corrected chi connectivity index (χ2v) is 8.18. The molecule has 28 heavy (non-hydrogen) atoms. The Bertz CT molecular complexity index is 838. The van der Waals surface area contributed by atoms with Crippen molar-refractivity contribution in [3.63, 3.8) is 0 Å². The fraction of sp³-hybridized carbons (Fsp3) is 0.333. The molecule has 0 aromatic heterocycles. The van der Waals surface area contributed by atoms with Crippen molar-refractivity contribution in [1.82, 2.24) is 10.2 Å². The molecule has 7 heteroatoms. The van der Waals surface area contributed by atoms with E-state index in [4.69, 9.17) is 34.8 Å². The first kappa shape index (κ1) is 22.5. The van der Waals surface area contributed by atoms with Crippen molar-refractivity contribution < 1.29 is 9.59 Å². The summed E-state index contributed by atoms with van der Waals surface area (Å²) in [7, 11) is 0. The Morgan fingerprint density at radius 3 is 2.14 bits per heavy atom. The van der Waals surface area contributed by atoms with Gasteiger partial charge in [-0.3, -0.25) is 9.59 Å². The third-order valence-corrected chi connectivity index (χ3v) is 5.06. The summed E-state index contributed by atoms with van der Waals surface area (Å²) in [4.78, 5) is 27.1. The number of nitrogens with zero attached hydrogens (tertiary/aromatic N) is 1. The van der Waals surface area contributed by atoms with Gasteiger partial charge in [-0.25, -0.2) is 0 Å².